The number of rotatable bonds is 4. The molecule has 0 aliphatic carbocycles. The molecule has 5 nitrogen and oxygen atoms in total. The first kappa shape index (κ1) is 17.2. The molecule has 1 fully saturated rings. The summed E-state index contributed by atoms with van der Waals surface area (Å²) in [6, 6.07) is 8.23. The lowest BCUT2D eigenvalue weighted by atomic mass is 10.1. The first-order valence-corrected chi connectivity index (χ1v) is 7.80. The van der Waals surface area contributed by atoms with Crippen LogP contribution in [0.15, 0.2) is 42.6 Å². The number of halogens is 3. The van der Waals surface area contributed by atoms with Gasteiger partial charge in [0, 0.05) is 25.2 Å². The number of likely N-dealkylation sites (tertiary alicyclic amines) is 1. The summed E-state index contributed by atoms with van der Waals surface area (Å²) < 4.78 is 43.9. The van der Waals surface area contributed by atoms with E-state index in [2.05, 4.69) is 10.2 Å². The number of alkyl halides is 3. The van der Waals surface area contributed by atoms with Gasteiger partial charge in [0.15, 0.2) is 0 Å². The topological polar surface area (TPSA) is 55.3 Å². The second-order valence-corrected chi connectivity index (χ2v) is 5.81. The second-order valence-electron chi connectivity index (χ2n) is 5.81. The van der Waals surface area contributed by atoms with E-state index in [1.54, 1.807) is 17.0 Å². The van der Waals surface area contributed by atoms with E-state index in [1.165, 1.54) is 18.3 Å². The Labute approximate surface area is 142 Å². The van der Waals surface area contributed by atoms with Crippen molar-refractivity contribution in [3.05, 3.63) is 53.7 Å². The van der Waals surface area contributed by atoms with Crippen LogP contribution in [0.3, 0.4) is 0 Å². The molecule has 0 saturated carbocycles. The molecule has 1 amide bonds. The van der Waals surface area contributed by atoms with Crippen molar-refractivity contribution in [1.82, 2.24) is 15.1 Å². The number of ether oxygens (including phenoxy) is 1. The van der Waals surface area contributed by atoms with E-state index in [4.69, 9.17) is 4.74 Å². The van der Waals surface area contributed by atoms with Crippen molar-refractivity contribution < 1.29 is 22.7 Å². The minimum absolute atomic E-state index is 0.0677. The third kappa shape index (κ3) is 4.46. The van der Waals surface area contributed by atoms with E-state index in [0.29, 0.717) is 31.0 Å². The van der Waals surface area contributed by atoms with Crippen molar-refractivity contribution in [3.8, 4) is 5.88 Å². The van der Waals surface area contributed by atoms with Crippen molar-refractivity contribution in [2.45, 2.75) is 25.1 Å². The molecule has 1 aromatic heterocycles. The van der Waals surface area contributed by atoms with Crippen molar-refractivity contribution in [1.29, 1.82) is 0 Å². The highest BCUT2D eigenvalue weighted by Gasteiger charge is 2.31. The summed E-state index contributed by atoms with van der Waals surface area (Å²) in [5, 5.41) is 7.55. The zero-order chi connectivity index (χ0) is 17.9. The monoisotopic (exact) mass is 351 g/mol. The number of aromatic nitrogens is 2. The Balaban J connectivity index is 1.58. The largest absolute Gasteiger partial charge is 0.471 e. The number of hydrogen-bond acceptors (Lipinski definition) is 4. The van der Waals surface area contributed by atoms with Crippen LogP contribution in [0.1, 0.15) is 17.5 Å². The van der Waals surface area contributed by atoms with Crippen LogP contribution >= 0.6 is 0 Å². The summed E-state index contributed by atoms with van der Waals surface area (Å²) in [5.41, 5.74) is -0.402. The highest BCUT2D eigenvalue weighted by Crippen LogP contribution is 2.29. The van der Waals surface area contributed by atoms with E-state index >= 15 is 0 Å². The lowest BCUT2D eigenvalue weighted by Gasteiger charge is -2.17. The molecule has 2 heterocycles. The van der Waals surface area contributed by atoms with E-state index in [9.17, 15) is 18.0 Å². The summed E-state index contributed by atoms with van der Waals surface area (Å²) in [4.78, 5) is 13.9. The quantitative estimate of drug-likeness (QED) is 0.850. The van der Waals surface area contributed by atoms with Gasteiger partial charge in [0.1, 0.15) is 6.10 Å². The normalized spacial score (nSPS) is 17.6. The van der Waals surface area contributed by atoms with Crippen molar-refractivity contribution in [2.75, 3.05) is 13.1 Å². The average molecular weight is 351 g/mol. The van der Waals surface area contributed by atoms with E-state index in [1.807, 2.05) is 0 Å². The predicted molar refractivity (Wildman–Crippen MR) is 82.8 cm³/mol. The lowest BCUT2D eigenvalue weighted by Crippen LogP contribution is -2.32. The first-order valence-electron chi connectivity index (χ1n) is 7.80. The Morgan fingerprint density at radius 1 is 1.28 bits per heavy atom. The zero-order valence-electron chi connectivity index (χ0n) is 13.2. The van der Waals surface area contributed by atoms with Crippen LogP contribution in [-0.4, -0.2) is 40.2 Å². The third-order valence-corrected chi connectivity index (χ3v) is 3.94. The maximum atomic E-state index is 12.7. The van der Waals surface area contributed by atoms with Gasteiger partial charge in [0.25, 0.3) is 0 Å². The van der Waals surface area contributed by atoms with Crippen molar-refractivity contribution in [3.63, 3.8) is 0 Å². The highest BCUT2D eigenvalue weighted by molar-refractivity contribution is 5.79. The fourth-order valence-corrected chi connectivity index (χ4v) is 2.72. The Kier molecular flexibility index (Phi) is 4.87. The Morgan fingerprint density at radius 2 is 2.12 bits per heavy atom. The molecule has 2 aromatic rings. The summed E-state index contributed by atoms with van der Waals surface area (Å²) in [7, 11) is 0. The van der Waals surface area contributed by atoms with Gasteiger partial charge >= 0.3 is 6.18 Å². The number of carbonyl (C=O) groups excluding carboxylic acids is 1. The predicted octanol–water partition coefficient (Wildman–Crippen LogP) is 2.72. The molecular formula is C17H16F3N3O2. The molecule has 1 unspecified atom stereocenters. The fraction of sp³-hybridized carbons (Fsp3) is 0.353. The molecule has 0 spiro atoms. The van der Waals surface area contributed by atoms with Gasteiger partial charge in [0.2, 0.25) is 11.8 Å². The number of nitrogens with zero attached hydrogens (tertiary/aromatic N) is 3. The summed E-state index contributed by atoms with van der Waals surface area (Å²) in [6.07, 6.45) is -2.50. The van der Waals surface area contributed by atoms with Crippen LogP contribution in [0.2, 0.25) is 0 Å². The summed E-state index contributed by atoms with van der Waals surface area (Å²) >= 11 is 0. The van der Waals surface area contributed by atoms with E-state index in [0.717, 1.165) is 12.1 Å². The fourth-order valence-electron chi connectivity index (χ4n) is 2.72. The molecule has 1 atom stereocenters. The molecule has 0 N–H and O–H groups in total. The molecule has 1 aromatic carbocycles. The number of benzene rings is 1. The minimum atomic E-state index is -4.41. The van der Waals surface area contributed by atoms with Gasteiger partial charge in [-0.25, -0.2) is 0 Å². The molecule has 8 heteroatoms. The van der Waals surface area contributed by atoms with Gasteiger partial charge in [-0.1, -0.05) is 18.2 Å². The second kappa shape index (κ2) is 7.08. The smallest absolute Gasteiger partial charge is 0.416 e. The van der Waals surface area contributed by atoms with Crippen molar-refractivity contribution in [2.24, 2.45) is 0 Å². The molecule has 0 radical (unpaired) electrons. The van der Waals surface area contributed by atoms with E-state index < -0.39 is 11.7 Å². The number of amides is 1. The molecule has 132 valence electrons. The van der Waals surface area contributed by atoms with Crippen LogP contribution in [0.4, 0.5) is 13.2 Å². The van der Waals surface area contributed by atoms with Gasteiger partial charge in [-0.15, -0.1) is 5.10 Å². The van der Waals surface area contributed by atoms with Crippen LogP contribution in [0.5, 0.6) is 5.88 Å². The minimum Gasteiger partial charge on any atom is -0.471 e. The van der Waals surface area contributed by atoms with E-state index in [-0.39, 0.29) is 18.4 Å². The molecule has 1 aliphatic rings. The van der Waals surface area contributed by atoms with Crippen LogP contribution < -0.4 is 4.74 Å². The molecular weight excluding hydrogens is 335 g/mol. The van der Waals surface area contributed by atoms with Crippen LogP contribution in [0.25, 0.3) is 0 Å². The van der Waals surface area contributed by atoms with Crippen LogP contribution in [0, 0.1) is 0 Å². The highest BCUT2D eigenvalue weighted by atomic mass is 19.4. The number of carbonyl (C=O) groups is 1. The van der Waals surface area contributed by atoms with Gasteiger partial charge in [0.05, 0.1) is 18.5 Å². The standard InChI is InChI=1S/C17H16F3N3O2/c18-17(19,20)13-4-1-3-12(9-13)10-16(24)23-8-6-14(11-23)25-15-5-2-7-21-22-15/h1-5,7,9,14H,6,8,10-11H2. The molecule has 25 heavy (non-hydrogen) atoms. The number of hydrogen-bond donors (Lipinski definition) is 0. The Bertz CT molecular complexity index is 737. The van der Waals surface area contributed by atoms with Crippen molar-refractivity contribution >= 4 is 5.91 Å². The Hall–Kier alpha value is -2.64. The van der Waals surface area contributed by atoms with Gasteiger partial charge in [-0.05, 0) is 17.7 Å². The molecule has 0 bridgehead atoms. The average Bonchev–Trinajstić information content (AvgIpc) is 3.04. The third-order valence-electron chi connectivity index (χ3n) is 3.94. The summed E-state index contributed by atoms with van der Waals surface area (Å²) in [6.45, 7) is 0.886. The van der Waals surface area contributed by atoms with Crippen LogP contribution in [-0.2, 0) is 17.4 Å². The van der Waals surface area contributed by atoms with Gasteiger partial charge in [-0.2, -0.15) is 18.3 Å². The van der Waals surface area contributed by atoms with Gasteiger partial charge in [-0.3, -0.25) is 4.79 Å². The Morgan fingerprint density at radius 3 is 2.84 bits per heavy atom. The SMILES string of the molecule is O=C(Cc1cccc(C(F)(F)F)c1)N1CCC(Oc2cccnn2)C1. The van der Waals surface area contributed by atoms with Gasteiger partial charge < -0.3 is 9.64 Å². The zero-order valence-corrected chi connectivity index (χ0v) is 13.2. The molecule has 1 saturated heterocycles. The maximum absolute atomic E-state index is 12.7. The molecule has 3 rings (SSSR count). The maximum Gasteiger partial charge on any atom is 0.416 e. The molecule has 1 aliphatic heterocycles. The summed E-state index contributed by atoms with van der Waals surface area (Å²) in [5.74, 6) is 0.171. The first-order chi connectivity index (χ1) is 11.9. The lowest BCUT2D eigenvalue weighted by molar-refractivity contribution is -0.138.